The van der Waals surface area contributed by atoms with Crippen LogP contribution in [0.5, 0.6) is 0 Å². The fourth-order valence-corrected chi connectivity index (χ4v) is 4.84. The summed E-state index contributed by atoms with van der Waals surface area (Å²) in [6.07, 6.45) is 0. The SMILES string of the molecule is CCOC(=O)c1sc(-c2cc3cc(C(CO)CF)cc(C#N)c3s2)nc1C. The van der Waals surface area contributed by atoms with Crippen molar-refractivity contribution in [2.24, 2.45) is 0 Å². The summed E-state index contributed by atoms with van der Waals surface area (Å²) < 4.78 is 19.0. The zero-order valence-electron chi connectivity index (χ0n) is 14.8. The molecule has 0 aliphatic rings. The first-order valence-corrected chi connectivity index (χ1v) is 9.95. The molecule has 0 aliphatic carbocycles. The van der Waals surface area contributed by atoms with Gasteiger partial charge in [-0.1, -0.05) is 0 Å². The first-order valence-electron chi connectivity index (χ1n) is 8.31. The lowest BCUT2D eigenvalue weighted by Crippen LogP contribution is -2.06. The van der Waals surface area contributed by atoms with E-state index in [1.54, 1.807) is 26.0 Å². The van der Waals surface area contributed by atoms with Gasteiger partial charge in [-0.2, -0.15) is 5.26 Å². The Bertz CT molecular complexity index is 1030. The number of aromatic nitrogens is 1. The van der Waals surface area contributed by atoms with Crippen LogP contribution in [0.2, 0.25) is 0 Å². The Labute approximate surface area is 163 Å². The van der Waals surface area contributed by atoms with Crippen LogP contribution in [-0.2, 0) is 4.74 Å². The number of rotatable bonds is 6. The number of aliphatic hydroxyl groups excluding tert-OH is 1. The summed E-state index contributed by atoms with van der Waals surface area (Å²) in [7, 11) is 0. The van der Waals surface area contributed by atoms with Crippen LogP contribution in [0.3, 0.4) is 0 Å². The topological polar surface area (TPSA) is 83.2 Å². The number of fused-ring (bicyclic) bond motifs is 1. The highest BCUT2D eigenvalue weighted by molar-refractivity contribution is 7.26. The third kappa shape index (κ3) is 3.72. The Balaban J connectivity index is 2.08. The van der Waals surface area contributed by atoms with Gasteiger partial charge < -0.3 is 9.84 Å². The van der Waals surface area contributed by atoms with E-state index in [4.69, 9.17) is 4.74 Å². The fourth-order valence-electron chi connectivity index (χ4n) is 2.73. The summed E-state index contributed by atoms with van der Waals surface area (Å²) in [6.45, 7) is 2.78. The van der Waals surface area contributed by atoms with Gasteiger partial charge in [0.2, 0.25) is 0 Å². The second kappa shape index (κ2) is 8.13. The minimum atomic E-state index is -0.696. The monoisotopic (exact) mass is 404 g/mol. The van der Waals surface area contributed by atoms with E-state index in [0.29, 0.717) is 33.3 Å². The molecule has 3 rings (SSSR count). The predicted molar refractivity (Wildman–Crippen MR) is 104 cm³/mol. The molecule has 0 spiro atoms. The Morgan fingerprint density at radius 2 is 2.19 bits per heavy atom. The molecule has 5 nitrogen and oxygen atoms in total. The second-order valence-corrected chi connectivity index (χ2v) is 7.95. The van der Waals surface area contributed by atoms with Gasteiger partial charge >= 0.3 is 5.97 Å². The molecule has 0 saturated heterocycles. The van der Waals surface area contributed by atoms with Crippen molar-refractivity contribution in [2.45, 2.75) is 19.8 Å². The number of esters is 1. The number of ether oxygens (including phenoxy) is 1. The molecule has 0 aliphatic heterocycles. The molecule has 1 aromatic carbocycles. The average Bonchev–Trinajstić information content (AvgIpc) is 3.25. The number of hydrogen-bond donors (Lipinski definition) is 1. The van der Waals surface area contributed by atoms with E-state index < -0.39 is 18.6 Å². The van der Waals surface area contributed by atoms with Crippen molar-refractivity contribution >= 4 is 38.7 Å². The number of benzene rings is 1. The van der Waals surface area contributed by atoms with Gasteiger partial charge in [-0.15, -0.1) is 22.7 Å². The zero-order chi connectivity index (χ0) is 19.6. The maximum Gasteiger partial charge on any atom is 0.350 e. The molecular weight excluding hydrogens is 387 g/mol. The van der Waals surface area contributed by atoms with E-state index in [9.17, 15) is 19.6 Å². The number of halogens is 1. The van der Waals surface area contributed by atoms with Crippen molar-refractivity contribution in [3.63, 3.8) is 0 Å². The summed E-state index contributed by atoms with van der Waals surface area (Å²) in [6, 6.07) is 7.44. The summed E-state index contributed by atoms with van der Waals surface area (Å²) in [5, 5.41) is 20.3. The number of thiazole rings is 1. The van der Waals surface area contributed by atoms with Crippen molar-refractivity contribution < 1.29 is 19.0 Å². The number of nitriles is 1. The summed E-state index contributed by atoms with van der Waals surface area (Å²) in [5.74, 6) is -1.05. The summed E-state index contributed by atoms with van der Waals surface area (Å²) in [4.78, 5) is 17.8. The van der Waals surface area contributed by atoms with E-state index >= 15 is 0 Å². The number of thiophene rings is 1. The lowest BCUT2D eigenvalue weighted by atomic mass is 9.97. The molecule has 0 fully saturated rings. The number of alkyl halides is 1. The third-order valence-electron chi connectivity index (χ3n) is 4.11. The molecule has 0 amide bonds. The fraction of sp³-hybridized carbons (Fsp3) is 0.316. The van der Waals surface area contributed by atoms with Gasteiger partial charge in [0, 0.05) is 5.92 Å². The zero-order valence-corrected chi connectivity index (χ0v) is 16.4. The van der Waals surface area contributed by atoms with Crippen molar-refractivity contribution in [1.29, 1.82) is 5.26 Å². The number of nitrogens with zero attached hydrogens (tertiary/aromatic N) is 2. The van der Waals surface area contributed by atoms with Crippen LogP contribution in [0, 0.1) is 18.3 Å². The van der Waals surface area contributed by atoms with Crippen LogP contribution >= 0.6 is 22.7 Å². The minimum absolute atomic E-state index is 0.295. The van der Waals surface area contributed by atoms with Gasteiger partial charge in [-0.05, 0) is 43.0 Å². The lowest BCUT2D eigenvalue weighted by Gasteiger charge is -2.10. The molecule has 1 unspecified atom stereocenters. The molecule has 0 saturated carbocycles. The van der Waals surface area contributed by atoms with Gasteiger partial charge in [0.25, 0.3) is 0 Å². The van der Waals surface area contributed by atoms with Crippen LogP contribution in [0.1, 0.15) is 39.3 Å². The largest absolute Gasteiger partial charge is 0.462 e. The van der Waals surface area contributed by atoms with Gasteiger partial charge in [-0.3, -0.25) is 4.39 Å². The highest BCUT2D eigenvalue weighted by Crippen LogP contribution is 2.39. The van der Waals surface area contributed by atoms with Crippen LogP contribution in [0.4, 0.5) is 4.39 Å². The first-order chi connectivity index (χ1) is 13.0. The maximum atomic E-state index is 13.1. The average molecular weight is 404 g/mol. The molecule has 2 aromatic heterocycles. The molecule has 1 atom stereocenters. The molecule has 1 N–H and O–H groups in total. The van der Waals surface area contributed by atoms with Gasteiger partial charge in [0.05, 0.1) is 40.7 Å². The Kier molecular flexibility index (Phi) is 5.85. The van der Waals surface area contributed by atoms with Crippen LogP contribution in [0.15, 0.2) is 18.2 Å². The molecule has 27 heavy (non-hydrogen) atoms. The number of aliphatic hydroxyl groups is 1. The van der Waals surface area contributed by atoms with Gasteiger partial charge in [-0.25, -0.2) is 9.78 Å². The van der Waals surface area contributed by atoms with Crippen molar-refractivity contribution in [3.05, 3.63) is 39.9 Å². The molecule has 0 bridgehead atoms. The number of aryl methyl sites for hydroxylation is 1. The smallest absolute Gasteiger partial charge is 0.350 e. The van der Waals surface area contributed by atoms with Crippen LogP contribution < -0.4 is 0 Å². The highest BCUT2D eigenvalue weighted by atomic mass is 32.1. The summed E-state index contributed by atoms with van der Waals surface area (Å²) in [5.41, 5.74) is 1.63. The lowest BCUT2D eigenvalue weighted by molar-refractivity contribution is 0.0531. The third-order valence-corrected chi connectivity index (χ3v) is 6.60. The Hall–Kier alpha value is -2.34. The molecule has 0 radical (unpaired) electrons. The minimum Gasteiger partial charge on any atom is -0.462 e. The molecule has 3 aromatic rings. The standard InChI is InChI=1S/C19H17FN2O3S2/c1-3-25-19(24)16-10(2)22-18(27-16)15-6-12-4-11(14(7-20)9-23)5-13(8-21)17(12)26-15/h4-6,14,23H,3,7,9H2,1-2H3. The Morgan fingerprint density at radius 3 is 2.81 bits per heavy atom. The molecular formula is C19H17FN2O3S2. The van der Waals surface area contributed by atoms with E-state index in [2.05, 4.69) is 11.1 Å². The summed E-state index contributed by atoms with van der Waals surface area (Å²) >= 11 is 2.65. The number of carbonyl (C=O) groups excluding carboxylic acids is 1. The van der Waals surface area contributed by atoms with Crippen molar-refractivity contribution in [1.82, 2.24) is 4.98 Å². The van der Waals surface area contributed by atoms with Crippen molar-refractivity contribution in [3.8, 4) is 16.0 Å². The number of carbonyl (C=O) groups is 1. The molecule has 8 heteroatoms. The second-order valence-electron chi connectivity index (χ2n) is 5.90. The quantitative estimate of drug-likeness (QED) is 0.615. The van der Waals surface area contributed by atoms with Crippen LogP contribution in [0.25, 0.3) is 20.0 Å². The van der Waals surface area contributed by atoms with E-state index in [0.717, 1.165) is 15.0 Å². The maximum absolute atomic E-state index is 13.1. The first kappa shape index (κ1) is 19.4. The van der Waals surface area contributed by atoms with Crippen LogP contribution in [-0.4, -0.2) is 35.9 Å². The van der Waals surface area contributed by atoms with E-state index in [1.807, 2.05) is 6.07 Å². The van der Waals surface area contributed by atoms with E-state index in [1.165, 1.54) is 22.7 Å². The normalized spacial score (nSPS) is 12.1. The molecule has 2 heterocycles. The number of hydrogen-bond acceptors (Lipinski definition) is 7. The van der Waals surface area contributed by atoms with Crippen molar-refractivity contribution in [2.75, 3.05) is 19.9 Å². The predicted octanol–water partition coefficient (Wildman–Crippen LogP) is 4.43. The van der Waals surface area contributed by atoms with E-state index in [-0.39, 0.29) is 6.61 Å². The molecule has 140 valence electrons. The Morgan fingerprint density at radius 1 is 1.41 bits per heavy atom. The highest BCUT2D eigenvalue weighted by Gasteiger charge is 2.20. The van der Waals surface area contributed by atoms with Gasteiger partial charge in [0.1, 0.15) is 16.0 Å². The van der Waals surface area contributed by atoms with Gasteiger partial charge in [0.15, 0.2) is 0 Å².